The molecule has 0 fully saturated rings. The van der Waals surface area contributed by atoms with Crippen molar-refractivity contribution < 1.29 is 0 Å². The Hall–Kier alpha value is -8.16. The van der Waals surface area contributed by atoms with E-state index in [1.807, 2.05) is 0 Å². The Morgan fingerprint density at radius 1 is 0.288 bits per heavy atom. The van der Waals surface area contributed by atoms with Crippen LogP contribution in [-0.4, -0.2) is 9.97 Å². The molecule has 0 aliphatic carbocycles. The van der Waals surface area contributed by atoms with Crippen LogP contribution in [0.2, 0.25) is 0 Å². The van der Waals surface area contributed by atoms with E-state index in [2.05, 4.69) is 240 Å². The van der Waals surface area contributed by atoms with E-state index in [1.165, 1.54) is 52.5 Å². The lowest BCUT2D eigenvalue weighted by molar-refractivity contribution is 1.30. The Morgan fingerprint density at radius 3 is 1.14 bits per heavy atom. The number of anilines is 6. The van der Waals surface area contributed by atoms with Gasteiger partial charge >= 0.3 is 0 Å². The molecule has 2 heterocycles. The minimum atomic E-state index is 1.03. The van der Waals surface area contributed by atoms with Gasteiger partial charge < -0.3 is 9.80 Å². The van der Waals surface area contributed by atoms with E-state index in [1.54, 1.807) is 22.7 Å². The number of hydrogen-bond donors (Lipinski definition) is 0. The van der Waals surface area contributed by atoms with Crippen molar-refractivity contribution in [1.82, 2.24) is 9.97 Å². The molecule has 0 spiro atoms. The summed E-state index contributed by atoms with van der Waals surface area (Å²) < 4.78 is 2.39. The van der Waals surface area contributed by atoms with Gasteiger partial charge in [0.05, 0.1) is 31.8 Å². The summed E-state index contributed by atoms with van der Waals surface area (Å²) in [4.78, 5) is 14.7. The van der Waals surface area contributed by atoms with E-state index in [9.17, 15) is 0 Å². The highest BCUT2D eigenvalue weighted by Gasteiger charge is 2.20. The van der Waals surface area contributed by atoms with Crippen LogP contribution in [0.15, 0.2) is 231 Å². The van der Waals surface area contributed by atoms with Crippen LogP contribution in [0.3, 0.4) is 0 Å². The van der Waals surface area contributed by atoms with Gasteiger partial charge in [0.25, 0.3) is 0 Å². The third-order valence-electron chi connectivity index (χ3n) is 12.7. The molecule has 310 valence electrons. The van der Waals surface area contributed by atoms with Gasteiger partial charge in [-0.1, -0.05) is 121 Å². The van der Waals surface area contributed by atoms with Gasteiger partial charge in [-0.3, -0.25) is 0 Å². The third kappa shape index (κ3) is 6.66. The molecule has 0 radical (unpaired) electrons. The predicted octanol–water partition coefficient (Wildman–Crippen LogP) is 17.8. The second kappa shape index (κ2) is 15.8. The first-order valence-electron chi connectivity index (χ1n) is 22.1. The summed E-state index contributed by atoms with van der Waals surface area (Å²) in [5, 5.41) is 11.6. The highest BCUT2D eigenvalue weighted by Crippen LogP contribution is 2.44. The Kier molecular flexibility index (Phi) is 9.18. The Bertz CT molecular complexity index is 3630. The van der Waals surface area contributed by atoms with E-state index >= 15 is 0 Å². The fourth-order valence-electron chi connectivity index (χ4n) is 9.48. The van der Waals surface area contributed by atoms with E-state index in [0.29, 0.717) is 0 Å². The SMILES string of the molecule is c1ccc2c(N(c3ccc(-c4nc5ccccc5s4)cc3)c3ccc4c(ccc5cc(N(c6ccc(-c7nc8ccccc8s7)cc6)c6cccc7ccccc67)ccc54)c3)cccc2c1. The molecule has 0 bridgehead atoms. The van der Waals surface area contributed by atoms with E-state index in [-0.39, 0.29) is 0 Å². The monoisotopic (exact) mass is 878 g/mol. The van der Waals surface area contributed by atoms with Crippen LogP contribution >= 0.6 is 22.7 Å². The lowest BCUT2D eigenvalue weighted by atomic mass is 9.99. The minimum Gasteiger partial charge on any atom is -0.310 e. The van der Waals surface area contributed by atoms with Gasteiger partial charge in [0.2, 0.25) is 0 Å². The maximum absolute atomic E-state index is 4.95. The van der Waals surface area contributed by atoms with Crippen LogP contribution in [0.4, 0.5) is 34.1 Å². The molecule has 6 heteroatoms. The summed E-state index contributed by atoms with van der Waals surface area (Å²) in [5.74, 6) is 0. The number of rotatable bonds is 8. The molecule has 4 nitrogen and oxygen atoms in total. The largest absolute Gasteiger partial charge is 0.310 e. The first-order chi connectivity index (χ1) is 32.7. The molecule has 11 aromatic carbocycles. The molecule has 0 aliphatic rings. The van der Waals surface area contributed by atoms with E-state index in [0.717, 1.165) is 66.3 Å². The Labute approximate surface area is 389 Å². The standard InChI is InChI=1S/C60H38N4S2/c1-3-15-51-39(11-1)13-9-19-55(51)63(45-29-25-41(26-30-45)59-61-53-17-5-7-21-57(53)65-59)47-33-35-49-43(37-47)23-24-44-38-48(34-36-50(44)49)64(56-20-10-14-40-12-2-4-16-52(40)56)46-31-27-42(28-32-46)60-62-54-18-6-8-22-58(54)66-60/h1-38H. The van der Waals surface area contributed by atoms with Crippen molar-refractivity contribution in [2.24, 2.45) is 0 Å². The first kappa shape index (κ1) is 38.3. The van der Waals surface area contributed by atoms with Crippen LogP contribution in [0.1, 0.15) is 0 Å². The second-order valence-corrected chi connectivity index (χ2v) is 18.7. The van der Waals surface area contributed by atoms with Gasteiger partial charge in [0.15, 0.2) is 0 Å². The number of para-hydroxylation sites is 2. The molecule has 13 rings (SSSR count). The number of nitrogens with zero attached hydrogens (tertiary/aromatic N) is 4. The minimum absolute atomic E-state index is 1.03. The maximum Gasteiger partial charge on any atom is 0.124 e. The third-order valence-corrected chi connectivity index (χ3v) is 14.8. The smallest absolute Gasteiger partial charge is 0.124 e. The number of thiazole rings is 2. The Morgan fingerprint density at radius 2 is 0.682 bits per heavy atom. The zero-order chi connectivity index (χ0) is 43.6. The summed E-state index contributed by atoms with van der Waals surface area (Å²) in [5.41, 5.74) is 10.9. The summed E-state index contributed by atoms with van der Waals surface area (Å²) in [6.45, 7) is 0. The number of hydrogen-bond acceptors (Lipinski definition) is 6. The molecule has 0 atom stereocenters. The van der Waals surface area contributed by atoms with Crippen molar-refractivity contribution in [3.63, 3.8) is 0 Å². The van der Waals surface area contributed by atoms with E-state index < -0.39 is 0 Å². The van der Waals surface area contributed by atoms with E-state index in [4.69, 9.17) is 9.97 Å². The van der Waals surface area contributed by atoms with Crippen molar-refractivity contribution in [1.29, 1.82) is 0 Å². The van der Waals surface area contributed by atoms with Gasteiger partial charge in [-0.25, -0.2) is 9.97 Å². The van der Waals surface area contributed by atoms with Crippen LogP contribution in [0.5, 0.6) is 0 Å². The normalized spacial score (nSPS) is 11.6. The Balaban J connectivity index is 0.904. The fourth-order valence-corrected chi connectivity index (χ4v) is 11.4. The molecular weight excluding hydrogens is 841 g/mol. The predicted molar refractivity (Wildman–Crippen MR) is 283 cm³/mol. The summed E-state index contributed by atoms with van der Waals surface area (Å²) in [6.07, 6.45) is 0. The molecule has 66 heavy (non-hydrogen) atoms. The number of benzene rings is 11. The van der Waals surface area contributed by atoms with Crippen LogP contribution in [-0.2, 0) is 0 Å². The van der Waals surface area contributed by atoms with Crippen molar-refractivity contribution in [3.05, 3.63) is 231 Å². The molecule has 0 N–H and O–H groups in total. The van der Waals surface area contributed by atoms with Gasteiger partial charge in [-0.2, -0.15) is 0 Å². The van der Waals surface area contributed by atoms with Crippen LogP contribution in [0.25, 0.3) is 84.7 Å². The van der Waals surface area contributed by atoms with Crippen LogP contribution in [0, 0.1) is 0 Å². The highest BCUT2D eigenvalue weighted by atomic mass is 32.1. The summed E-state index contributed by atoms with van der Waals surface area (Å²) >= 11 is 3.47. The average molecular weight is 879 g/mol. The van der Waals surface area contributed by atoms with Crippen molar-refractivity contribution >= 4 is 120 Å². The molecule has 0 saturated heterocycles. The summed E-state index contributed by atoms with van der Waals surface area (Å²) in [7, 11) is 0. The number of aromatic nitrogens is 2. The molecule has 0 amide bonds. The highest BCUT2D eigenvalue weighted by molar-refractivity contribution is 7.22. The zero-order valence-corrected chi connectivity index (χ0v) is 37.2. The maximum atomic E-state index is 4.95. The lowest BCUT2D eigenvalue weighted by Crippen LogP contribution is -2.10. The first-order valence-corrected chi connectivity index (χ1v) is 23.8. The van der Waals surface area contributed by atoms with Crippen molar-refractivity contribution in [3.8, 4) is 21.1 Å². The summed E-state index contributed by atoms with van der Waals surface area (Å²) in [6, 6.07) is 83.2. The van der Waals surface area contributed by atoms with Crippen molar-refractivity contribution in [2.75, 3.05) is 9.80 Å². The molecule has 0 saturated carbocycles. The molecule has 13 aromatic rings. The average Bonchev–Trinajstić information content (AvgIpc) is 4.03. The van der Waals surface area contributed by atoms with Crippen LogP contribution < -0.4 is 9.80 Å². The van der Waals surface area contributed by atoms with Gasteiger partial charge in [0.1, 0.15) is 10.0 Å². The zero-order valence-electron chi connectivity index (χ0n) is 35.5. The number of fused-ring (bicyclic) bond motifs is 7. The van der Waals surface area contributed by atoms with Gasteiger partial charge in [0, 0.05) is 44.6 Å². The fraction of sp³-hybridized carbons (Fsp3) is 0. The second-order valence-electron chi connectivity index (χ2n) is 16.6. The molecular formula is C60H38N4S2. The molecule has 2 aromatic heterocycles. The lowest BCUT2D eigenvalue weighted by Gasteiger charge is -2.28. The quantitative estimate of drug-likeness (QED) is 0.142. The van der Waals surface area contributed by atoms with Crippen molar-refractivity contribution in [2.45, 2.75) is 0 Å². The molecule has 0 aliphatic heterocycles. The topological polar surface area (TPSA) is 32.3 Å². The van der Waals surface area contributed by atoms with Gasteiger partial charge in [-0.05, 0) is 142 Å². The molecule has 0 unspecified atom stereocenters. The van der Waals surface area contributed by atoms with Gasteiger partial charge in [-0.15, -0.1) is 22.7 Å².